The third kappa shape index (κ3) is 5.12. The minimum Gasteiger partial charge on any atom is -0.355 e. The Balaban J connectivity index is 2.50. The van der Waals surface area contributed by atoms with Crippen LogP contribution in [0.3, 0.4) is 0 Å². The van der Waals surface area contributed by atoms with Crippen LogP contribution in [0.5, 0.6) is 0 Å². The Morgan fingerprint density at radius 3 is 2.50 bits per heavy atom. The van der Waals surface area contributed by atoms with Crippen molar-refractivity contribution in [2.45, 2.75) is 6.54 Å². The Hall–Kier alpha value is -2.32. The first-order valence-corrected chi connectivity index (χ1v) is 6.39. The van der Waals surface area contributed by atoms with Crippen molar-refractivity contribution in [3.05, 3.63) is 35.4 Å². The van der Waals surface area contributed by atoms with Crippen LogP contribution in [0.15, 0.2) is 24.3 Å². The lowest BCUT2D eigenvalue weighted by molar-refractivity contribution is -0.885. The van der Waals surface area contributed by atoms with E-state index in [1.165, 1.54) is 0 Å². The Labute approximate surface area is 119 Å². The van der Waals surface area contributed by atoms with Crippen LogP contribution >= 0.6 is 0 Å². The Morgan fingerprint density at radius 2 is 1.95 bits per heavy atom. The van der Waals surface area contributed by atoms with Crippen molar-refractivity contribution in [3.63, 3.8) is 0 Å². The molecule has 1 rings (SSSR count). The number of carbonyl (C=O) groups is 2. The first-order chi connectivity index (χ1) is 9.56. The minimum atomic E-state index is -0.106. The van der Waals surface area contributed by atoms with Crippen molar-refractivity contribution in [1.82, 2.24) is 10.6 Å². The number of likely N-dealkylation sites (N-methyl/N-ethyl adjacent to an activating group) is 1. The van der Waals surface area contributed by atoms with Gasteiger partial charge in [0.05, 0.1) is 13.6 Å². The number of carbonyl (C=O) groups excluding carboxylic acids is 2. The van der Waals surface area contributed by atoms with Gasteiger partial charge in [0.2, 0.25) is 0 Å². The fourth-order valence-corrected chi connectivity index (χ4v) is 1.82. The SMILES string of the molecule is C#CCNC(=O)C[NH+](C)Cc1ccc(C(=O)NC)cc1. The highest BCUT2D eigenvalue weighted by molar-refractivity contribution is 5.93. The van der Waals surface area contributed by atoms with Crippen LogP contribution in [0.2, 0.25) is 0 Å². The van der Waals surface area contributed by atoms with E-state index in [4.69, 9.17) is 6.42 Å². The molecular formula is C15H20N3O2+. The summed E-state index contributed by atoms with van der Waals surface area (Å²) in [5, 5.41) is 5.21. The Morgan fingerprint density at radius 1 is 1.30 bits per heavy atom. The minimum absolute atomic E-state index is 0.0672. The third-order valence-electron chi connectivity index (χ3n) is 2.80. The second-order valence-electron chi connectivity index (χ2n) is 4.57. The van der Waals surface area contributed by atoms with Crippen molar-refractivity contribution in [2.24, 2.45) is 0 Å². The molecule has 5 nitrogen and oxygen atoms in total. The number of benzene rings is 1. The van der Waals surface area contributed by atoms with Crippen LogP contribution in [0, 0.1) is 12.3 Å². The van der Waals surface area contributed by atoms with Gasteiger partial charge in [-0.1, -0.05) is 18.1 Å². The lowest BCUT2D eigenvalue weighted by Crippen LogP contribution is -3.08. The molecule has 0 spiro atoms. The molecule has 0 aliphatic heterocycles. The van der Waals surface area contributed by atoms with E-state index >= 15 is 0 Å². The molecule has 0 heterocycles. The zero-order valence-corrected chi connectivity index (χ0v) is 11.8. The molecule has 1 unspecified atom stereocenters. The van der Waals surface area contributed by atoms with Crippen LogP contribution in [0.1, 0.15) is 15.9 Å². The highest BCUT2D eigenvalue weighted by Crippen LogP contribution is 2.03. The zero-order chi connectivity index (χ0) is 15.0. The van der Waals surface area contributed by atoms with E-state index in [9.17, 15) is 9.59 Å². The largest absolute Gasteiger partial charge is 0.355 e. The normalized spacial score (nSPS) is 11.2. The summed E-state index contributed by atoms with van der Waals surface area (Å²) >= 11 is 0. The number of nitrogens with one attached hydrogen (secondary N) is 3. The Bertz CT molecular complexity index is 503. The molecule has 0 radical (unpaired) electrons. The maximum absolute atomic E-state index is 11.5. The monoisotopic (exact) mass is 274 g/mol. The topological polar surface area (TPSA) is 62.6 Å². The summed E-state index contributed by atoms with van der Waals surface area (Å²) in [7, 11) is 3.53. The predicted molar refractivity (Wildman–Crippen MR) is 77.1 cm³/mol. The standard InChI is InChI=1S/C15H19N3O2/c1-4-9-17-14(19)11-18(3)10-12-5-7-13(8-6-12)15(20)16-2/h1,5-8H,9-11H2,2-3H3,(H,16,20)(H,17,19)/p+1. The summed E-state index contributed by atoms with van der Waals surface area (Å²) in [6.45, 7) is 1.32. The molecular weight excluding hydrogens is 254 g/mol. The maximum Gasteiger partial charge on any atom is 0.275 e. The molecule has 0 aliphatic rings. The van der Waals surface area contributed by atoms with Gasteiger partial charge in [-0.05, 0) is 12.1 Å². The van der Waals surface area contributed by atoms with Crippen LogP contribution in [-0.2, 0) is 11.3 Å². The van der Waals surface area contributed by atoms with Gasteiger partial charge in [-0.15, -0.1) is 6.42 Å². The lowest BCUT2D eigenvalue weighted by Gasteiger charge is -2.13. The summed E-state index contributed by atoms with van der Waals surface area (Å²) in [4.78, 5) is 24.0. The fraction of sp³-hybridized carbons (Fsp3) is 0.333. The van der Waals surface area contributed by atoms with Gasteiger partial charge in [0.25, 0.3) is 11.8 Å². The summed E-state index contributed by atoms with van der Waals surface area (Å²) < 4.78 is 0. The van der Waals surface area contributed by atoms with Gasteiger partial charge in [0.15, 0.2) is 6.54 Å². The van der Waals surface area contributed by atoms with Crippen LogP contribution < -0.4 is 15.5 Å². The van der Waals surface area contributed by atoms with E-state index in [-0.39, 0.29) is 18.4 Å². The van der Waals surface area contributed by atoms with E-state index in [2.05, 4.69) is 16.6 Å². The third-order valence-corrected chi connectivity index (χ3v) is 2.80. The van der Waals surface area contributed by atoms with Crippen LogP contribution in [0.4, 0.5) is 0 Å². The fourth-order valence-electron chi connectivity index (χ4n) is 1.82. The van der Waals surface area contributed by atoms with Gasteiger partial charge in [-0.25, -0.2) is 0 Å². The van der Waals surface area contributed by atoms with E-state index in [0.29, 0.717) is 18.7 Å². The average molecular weight is 274 g/mol. The van der Waals surface area contributed by atoms with Crippen molar-refractivity contribution in [1.29, 1.82) is 0 Å². The van der Waals surface area contributed by atoms with Crippen LogP contribution in [0.25, 0.3) is 0 Å². The second kappa shape index (κ2) is 7.97. The molecule has 1 aromatic carbocycles. The maximum atomic E-state index is 11.5. The number of terminal acetylenes is 1. The lowest BCUT2D eigenvalue weighted by atomic mass is 10.1. The molecule has 1 aromatic rings. The molecule has 2 amide bonds. The smallest absolute Gasteiger partial charge is 0.275 e. The van der Waals surface area contributed by atoms with Gasteiger partial charge in [-0.3, -0.25) is 9.59 Å². The van der Waals surface area contributed by atoms with Gasteiger partial charge in [0, 0.05) is 18.2 Å². The quantitative estimate of drug-likeness (QED) is 0.571. The first-order valence-electron chi connectivity index (χ1n) is 6.39. The molecule has 5 heteroatoms. The van der Waals surface area contributed by atoms with Crippen molar-refractivity contribution < 1.29 is 14.5 Å². The molecule has 0 fully saturated rings. The van der Waals surface area contributed by atoms with E-state index < -0.39 is 0 Å². The van der Waals surface area contributed by atoms with Gasteiger partial charge in [0.1, 0.15) is 6.54 Å². The number of hydrogen-bond acceptors (Lipinski definition) is 2. The number of hydrogen-bond donors (Lipinski definition) is 3. The molecule has 1 atom stereocenters. The molecule has 20 heavy (non-hydrogen) atoms. The van der Waals surface area contributed by atoms with Gasteiger partial charge < -0.3 is 15.5 Å². The van der Waals surface area contributed by atoms with E-state index in [0.717, 1.165) is 10.5 Å². The van der Waals surface area contributed by atoms with E-state index in [1.807, 2.05) is 19.2 Å². The molecule has 0 aliphatic carbocycles. The van der Waals surface area contributed by atoms with Crippen molar-refractivity contribution in [2.75, 3.05) is 27.2 Å². The molecule has 0 saturated heterocycles. The van der Waals surface area contributed by atoms with Gasteiger partial charge >= 0.3 is 0 Å². The summed E-state index contributed by atoms with van der Waals surface area (Å²) in [5.41, 5.74) is 1.69. The Kier molecular flexibility index (Phi) is 6.27. The second-order valence-corrected chi connectivity index (χ2v) is 4.57. The summed E-state index contributed by atoms with van der Waals surface area (Å²) in [5.74, 6) is 2.19. The number of rotatable bonds is 6. The molecule has 0 bridgehead atoms. The zero-order valence-electron chi connectivity index (χ0n) is 11.8. The predicted octanol–water partition coefficient (Wildman–Crippen LogP) is -1.19. The number of amides is 2. The summed E-state index contributed by atoms with van der Waals surface area (Å²) in [6.07, 6.45) is 5.08. The highest BCUT2D eigenvalue weighted by Gasteiger charge is 2.10. The highest BCUT2D eigenvalue weighted by atomic mass is 16.2. The van der Waals surface area contributed by atoms with Gasteiger partial charge in [-0.2, -0.15) is 0 Å². The first kappa shape index (κ1) is 15.7. The van der Waals surface area contributed by atoms with E-state index in [1.54, 1.807) is 19.2 Å². The molecule has 106 valence electrons. The van der Waals surface area contributed by atoms with Crippen LogP contribution in [-0.4, -0.2) is 39.0 Å². The molecule has 3 N–H and O–H groups in total. The average Bonchev–Trinajstić information content (AvgIpc) is 2.45. The summed E-state index contributed by atoms with van der Waals surface area (Å²) in [6, 6.07) is 7.35. The van der Waals surface area contributed by atoms with Crippen molar-refractivity contribution >= 4 is 11.8 Å². The van der Waals surface area contributed by atoms with Crippen molar-refractivity contribution in [3.8, 4) is 12.3 Å². The molecule has 0 aromatic heterocycles. The number of quaternary nitrogens is 1. The molecule has 0 saturated carbocycles.